The molecule has 0 saturated carbocycles. The minimum Gasteiger partial charge on any atom is -0.478 e. The third-order valence-corrected chi connectivity index (χ3v) is 3.72. The predicted octanol–water partition coefficient (Wildman–Crippen LogP) is 1.62. The van der Waals surface area contributed by atoms with Crippen LogP contribution in [0.5, 0.6) is 0 Å². The molecule has 1 rings (SSSR count). The van der Waals surface area contributed by atoms with Gasteiger partial charge in [-0.15, -0.1) is 0 Å². The number of carboxylic acid groups (broad SMARTS) is 1. The average Bonchev–Trinajstić information content (AvgIpc) is 2.45. The molecule has 21 heavy (non-hydrogen) atoms. The lowest BCUT2D eigenvalue weighted by molar-refractivity contribution is -0.135. The summed E-state index contributed by atoms with van der Waals surface area (Å²) < 4.78 is 0. The molecule has 0 aliphatic rings. The van der Waals surface area contributed by atoms with E-state index in [1.165, 1.54) is 0 Å². The first-order chi connectivity index (χ1) is 9.88. The van der Waals surface area contributed by atoms with Crippen LogP contribution in [0, 0.1) is 11.8 Å². The Morgan fingerprint density at radius 2 is 1.90 bits per heavy atom. The first-order valence-electron chi connectivity index (χ1n) is 7.14. The third-order valence-electron chi connectivity index (χ3n) is 3.72. The Morgan fingerprint density at radius 3 is 2.43 bits per heavy atom. The fourth-order valence-electron chi connectivity index (χ4n) is 2.29. The molecule has 1 aromatic rings. The summed E-state index contributed by atoms with van der Waals surface area (Å²) in [6.07, 6.45) is 0.514. The number of nitrogens with two attached hydrogens (primary N) is 1. The normalized spacial score (nSPS) is 12.2. The molecular formula is C16H24N2O3. The summed E-state index contributed by atoms with van der Waals surface area (Å²) in [7, 11) is 1.73. The minimum absolute atomic E-state index is 0.0142. The standard InChI is InChI=1S/C16H24N2O3/c1-11(2)14(10-17)15(19)18(3)9-8-12-6-4-5-7-13(12)16(20)21/h4-7,11,14H,8-10,17H2,1-3H3,(H,20,21). The SMILES string of the molecule is CC(C)C(CN)C(=O)N(C)CCc1ccccc1C(=O)O. The van der Waals surface area contributed by atoms with E-state index in [9.17, 15) is 9.59 Å². The van der Waals surface area contributed by atoms with Crippen LogP contribution in [0.15, 0.2) is 24.3 Å². The number of hydrogen-bond acceptors (Lipinski definition) is 3. The Hall–Kier alpha value is -1.88. The van der Waals surface area contributed by atoms with Crippen LogP contribution < -0.4 is 5.73 Å². The van der Waals surface area contributed by atoms with Crippen molar-refractivity contribution in [1.29, 1.82) is 0 Å². The Labute approximate surface area is 125 Å². The van der Waals surface area contributed by atoms with Crippen molar-refractivity contribution in [3.8, 4) is 0 Å². The number of rotatable bonds is 7. The van der Waals surface area contributed by atoms with Crippen LogP contribution in [0.4, 0.5) is 0 Å². The molecule has 3 N–H and O–H groups in total. The van der Waals surface area contributed by atoms with Gasteiger partial charge in [-0.1, -0.05) is 32.0 Å². The van der Waals surface area contributed by atoms with Gasteiger partial charge in [0.1, 0.15) is 0 Å². The molecule has 0 spiro atoms. The highest BCUT2D eigenvalue weighted by atomic mass is 16.4. The summed E-state index contributed by atoms with van der Waals surface area (Å²) in [5.41, 5.74) is 6.68. The molecule has 1 atom stereocenters. The molecule has 5 nitrogen and oxygen atoms in total. The van der Waals surface area contributed by atoms with Gasteiger partial charge in [-0.25, -0.2) is 4.79 Å². The zero-order valence-electron chi connectivity index (χ0n) is 12.9. The van der Waals surface area contributed by atoms with Gasteiger partial charge in [0, 0.05) is 20.1 Å². The topological polar surface area (TPSA) is 83.6 Å². The van der Waals surface area contributed by atoms with Gasteiger partial charge in [-0.2, -0.15) is 0 Å². The maximum atomic E-state index is 12.3. The number of carbonyl (C=O) groups is 2. The minimum atomic E-state index is -0.943. The molecule has 0 saturated heterocycles. The number of carboxylic acids is 1. The van der Waals surface area contributed by atoms with E-state index < -0.39 is 5.97 Å². The van der Waals surface area contributed by atoms with Crippen molar-refractivity contribution in [2.24, 2.45) is 17.6 Å². The Bertz CT molecular complexity index is 500. The first kappa shape index (κ1) is 17.2. The van der Waals surface area contributed by atoms with Gasteiger partial charge >= 0.3 is 5.97 Å². The highest BCUT2D eigenvalue weighted by Gasteiger charge is 2.23. The van der Waals surface area contributed by atoms with Crippen molar-refractivity contribution >= 4 is 11.9 Å². The molecular weight excluding hydrogens is 268 g/mol. The lowest BCUT2D eigenvalue weighted by Crippen LogP contribution is -2.40. The van der Waals surface area contributed by atoms with Crippen LogP contribution in [0.1, 0.15) is 29.8 Å². The van der Waals surface area contributed by atoms with Gasteiger partial charge in [-0.05, 0) is 24.0 Å². The Balaban J connectivity index is 2.71. The summed E-state index contributed by atoms with van der Waals surface area (Å²) in [5, 5.41) is 9.14. The second-order valence-corrected chi connectivity index (χ2v) is 5.56. The van der Waals surface area contributed by atoms with Crippen LogP contribution in [0.3, 0.4) is 0 Å². The van der Waals surface area contributed by atoms with Crippen LogP contribution >= 0.6 is 0 Å². The summed E-state index contributed by atoms with van der Waals surface area (Å²) in [4.78, 5) is 25.1. The fourth-order valence-corrected chi connectivity index (χ4v) is 2.29. The Morgan fingerprint density at radius 1 is 1.29 bits per heavy atom. The van der Waals surface area contributed by atoms with Crippen molar-refractivity contribution in [3.05, 3.63) is 35.4 Å². The van der Waals surface area contributed by atoms with Gasteiger partial charge < -0.3 is 15.7 Å². The highest BCUT2D eigenvalue weighted by molar-refractivity contribution is 5.89. The summed E-state index contributed by atoms with van der Waals surface area (Å²) in [6, 6.07) is 6.87. The van der Waals surface area contributed by atoms with Gasteiger partial charge in [-0.3, -0.25) is 4.79 Å². The monoisotopic (exact) mass is 292 g/mol. The van der Waals surface area contributed by atoms with Gasteiger partial charge in [0.2, 0.25) is 5.91 Å². The largest absolute Gasteiger partial charge is 0.478 e. The molecule has 1 unspecified atom stereocenters. The van der Waals surface area contributed by atoms with E-state index in [0.717, 1.165) is 5.56 Å². The second-order valence-electron chi connectivity index (χ2n) is 5.56. The van der Waals surface area contributed by atoms with E-state index in [-0.39, 0.29) is 23.3 Å². The van der Waals surface area contributed by atoms with E-state index >= 15 is 0 Å². The van der Waals surface area contributed by atoms with E-state index in [2.05, 4.69) is 0 Å². The number of hydrogen-bond donors (Lipinski definition) is 2. The van der Waals surface area contributed by atoms with Gasteiger partial charge in [0.15, 0.2) is 0 Å². The molecule has 0 aliphatic heterocycles. The van der Waals surface area contributed by atoms with E-state index in [1.807, 2.05) is 13.8 Å². The molecule has 0 fully saturated rings. The van der Waals surface area contributed by atoms with E-state index in [0.29, 0.717) is 19.5 Å². The number of likely N-dealkylation sites (N-methyl/N-ethyl adjacent to an activating group) is 1. The molecule has 5 heteroatoms. The first-order valence-corrected chi connectivity index (χ1v) is 7.14. The van der Waals surface area contributed by atoms with Gasteiger partial charge in [0.05, 0.1) is 11.5 Å². The lowest BCUT2D eigenvalue weighted by Gasteiger charge is -2.25. The molecule has 1 aromatic carbocycles. The fraction of sp³-hybridized carbons (Fsp3) is 0.500. The van der Waals surface area contributed by atoms with Crippen molar-refractivity contribution in [3.63, 3.8) is 0 Å². The maximum absolute atomic E-state index is 12.3. The van der Waals surface area contributed by atoms with Crippen molar-refractivity contribution in [2.45, 2.75) is 20.3 Å². The molecule has 0 aliphatic carbocycles. The third kappa shape index (κ3) is 4.56. The zero-order valence-corrected chi connectivity index (χ0v) is 12.9. The maximum Gasteiger partial charge on any atom is 0.335 e. The molecule has 1 amide bonds. The van der Waals surface area contributed by atoms with E-state index in [4.69, 9.17) is 10.8 Å². The van der Waals surface area contributed by atoms with Crippen molar-refractivity contribution in [1.82, 2.24) is 4.90 Å². The zero-order chi connectivity index (χ0) is 16.0. The predicted molar refractivity (Wildman–Crippen MR) is 82.1 cm³/mol. The number of aromatic carboxylic acids is 1. The molecule has 0 heterocycles. The molecule has 0 aromatic heterocycles. The smallest absolute Gasteiger partial charge is 0.335 e. The van der Waals surface area contributed by atoms with Crippen molar-refractivity contribution in [2.75, 3.05) is 20.1 Å². The lowest BCUT2D eigenvalue weighted by atomic mass is 9.94. The average molecular weight is 292 g/mol. The Kier molecular flexibility index (Phi) is 6.37. The van der Waals surface area contributed by atoms with Crippen LogP contribution in [0.25, 0.3) is 0 Å². The summed E-state index contributed by atoms with van der Waals surface area (Å²) in [6.45, 7) is 4.75. The molecule has 0 bridgehead atoms. The number of amides is 1. The number of nitrogens with zero attached hydrogens (tertiary/aromatic N) is 1. The highest BCUT2D eigenvalue weighted by Crippen LogP contribution is 2.14. The van der Waals surface area contributed by atoms with Crippen LogP contribution in [-0.2, 0) is 11.2 Å². The molecule has 116 valence electrons. The molecule has 0 radical (unpaired) electrons. The number of carbonyl (C=O) groups excluding carboxylic acids is 1. The number of benzene rings is 1. The summed E-state index contributed by atoms with van der Waals surface area (Å²) >= 11 is 0. The van der Waals surface area contributed by atoms with Crippen molar-refractivity contribution < 1.29 is 14.7 Å². The second kappa shape index (κ2) is 7.78. The quantitative estimate of drug-likeness (QED) is 0.800. The van der Waals surface area contributed by atoms with Crippen LogP contribution in [0.2, 0.25) is 0 Å². The van der Waals surface area contributed by atoms with Gasteiger partial charge in [0.25, 0.3) is 0 Å². The summed E-state index contributed by atoms with van der Waals surface area (Å²) in [5.74, 6) is -0.928. The van der Waals surface area contributed by atoms with Crippen LogP contribution in [-0.4, -0.2) is 42.0 Å². The van der Waals surface area contributed by atoms with E-state index in [1.54, 1.807) is 36.2 Å².